The van der Waals surface area contributed by atoms with E-state index in [4.69, 9.17) is 4.74 Å². The molecule has 0 radical (unpaired) electrons. The molecule has 1 aliphatic heterocycles. The summed E-state index contributed by atoms with van der Waals surface area (Å²) in [5, 5.41) is 0. The van der Waals surface area contributed by atoms with Crippen molar-refractivity contribution in [2.24, 2.45) is 5.73 Å². The second-order valence-electron chi connectivity index (χ2n) is 4.85. The molecule has 0 aromatic rings. The van der Waals surface area contributed by atoms with Crippen molar-refractivity contribution in [1.82, 2.24) is 4.90 Å². The molecule has 106 valence electrons. The number of carbonyl (C=O) groups excluding carboxylic acids is 2. The summed E-state index contributed by atoms with van der Waals surface area (Å²) in [6.07, 6.45) is 1.01. The van der Waals surface area contributed by atoms with Gasteiger partial charge in [-0.3, -0.25) is 4.90 Å². The van der Waals surface area contributed by atoms with Crippen molar-refractivity contribution in [2.75, 3.05) is 20.7 Å². The highest BCUT2D eigenvalue weighted by molar-refractivity contribution is 5.82. The summed E-state index contributed by atoms with van der Waals surface area (Å²) in [7, 11) is 2.83. The number of hydrogen-bond donors (Lipinski definition) is 1. The van der Waals surface area contributed by atoms with Gasteiger partial charge in [0.2, 0.25) is 0 Å². The second kappa shape index (κ2) is 7.20. The van der Waals surface area contributed by atoms with E-state index in [1.165, 1.54) is 19.1 Å². The van der Waals surface area contributed by atoms with Crippen LogP contribution < -0.4 is 5.73 Å². The van der Waals surface area contributed by atoms with Gasteiger partial charge in [0.25, 0.3) is 0 Å². The van der Waals surface area contributed by atoms with Gasteiger partial charge in [0.05, 0.1) is 7.11 Å². The number of ether oxygens (including phenoxy) is 2. The van der Waals surface area contributed by atoms with E-state index in [0.717, 1.165) is 6.42 Å². The van der Waals surface area contributed by atoms with Crippen molar-refractivity contribution in [2.45, 2.75) is 45.3 Å². The molecule has 0 bridgehead atoms. The van der Waals surface area contributed by atoms with Crippen molar-refractivity contribution in [3.05, 3.63) is 0 Å². The fourth-order valence-electron chi connectivity index (χ4n) is 1.69. The van der Waals surface area contributed by atoms with Crippen molar-refractivity contribution >= 4 is 12.1 Å². The minimum absolute atomic E-state index is 0.372. The van der Waals surface area contributed by atoms with Gasteiger partial charge in [0.15, 0.2) is 0 Å². The van der Waals surface area contributed by atoms with Crippen LogP contribution in [0.2, 0.25) is 0 Å². The largest absolute Gasteiger partial charge is 0.467 e. The van der Waals surface area contributed by atoms with Gasteiger partial charge in [0, 0.05) is 6.54 Å². The van der Waals surface area contributed by atoms with Crippen molar-refractivity contribution in [3.8, 4) is 0 Å². The second-order valence-corrected chi connectivity index (χ2v) is 4.85. The molecule has 1 heterocycles. The van der Waals surface area contributed by atoms with Crippen LogP contribution in [0.1, 0.15) is 33.6 Å². The van der Waals surface area contributed by atoms with Crippen LogP contribution in [0.3, 0.4) is 0 Å². The Morgan fingerprint density at radius 2 is 1.83 bits per heavy atom. The van der Waals surface area contributed by atoms with Gasteiger partial charge >= 0.3 is 12.1 Å². The summed E-state index contributed by atoms with van der Waals surface area (Å²) in [5.41, 5.74) is 3.96. The first-order chi connectivity index (χ1) is 8.35. The lowest BCUT2D eigenvalue weighted by atomic mass is 10.2. The van der Waals surface area contributed by atoms with Gasteiger partial charge in [-0.2, -0.15) is 0 Å². The van der Waals surface area contributed by atoms with Gasteiger partial charge in [-0.15, -0.1) is 0 Å². The zero-order valence-corrected chi connectivity index (χ0v) is 11.9. The highest BCUT2D eigenvalue weighted by Crippen LogP contribution is 2.21. The Balaban J connectivity index is 0.00000137. The minimum atomic E-state index is -0.541. The van der Waals surface area contributed by atoms with Crippen LogP contribution in [0.15, 0.2) is 0 Å². The molecule has 6 heteroatoms. The molecule has 0 aromatic carbocycles. The van der Waals surface area contributed by atoms with Crippen molar-refractivity contribution < 1.29 is 19.1 Å². The topological polar surface area (TPSA) is 81.9 Å². The zero-order chi connectivity index (χ0) is 14.3. The average Bonchev–Trinajstić information content (AvgIpc) is 2.77. The molecule has 1 saturated heterocycles. The van der Waals surface area contributed by atoms with E-state index in [0.29, 0.717) is 13.0 Å². The first kappa shape index (κ1) is 16.7. The van der Waals surface area contributed by atoms with E-state index >= 15 is 0 Å². The highest BCUT2D eigenvalue weighted by atomic mass is 16.6. The fraction of sp³-hybridized carbons (Fsp3) is 0.833. The number of likely N-dealkylation sites (tertiary alicyclic amines) is 1. The monoisotopic (exact) mass is 260 g/mol. The van der Waals surface area contributed by atoms with Crippen LogP contribution in [0, 0.1) is 0 Å². The van der Waals surface area contributed by atoms with E-state index in [9.17, 15) is 9.59 Å². The third kappa shape index (κ3) is 4.91. The van der Waals surface area contributed by atoms with Crippen LogP contribution in [-0.2, 0) is 14.3 Å². The fourth-order valence-corrected chi connectivity index (χ4v) is 1.69. The van der Waals surface area contributed by atoms with E-state index in [1.807, 2.05) is 0 Å². The maximum Gasteiger partial charge on any atom is 0.411 e. The Kier molecular flexibility index (Phi) is 6.68. The Bertz CT molecular complexity index is 286. The molecule has 0 unspecified atom stereocenters. The average molecular weight is 260 g/mol. The van der Waals surface area contributed by atoms with Gasteiger partial charge in [0.1, 0.15) is 11.6 Å². The number of nitrogens with two attached hydrogens (primary N) is 1. The van der Waals surface area contributed by atoms with Gasteiger partial charge in [-0.25, -0.2) is 9.59 Å². The third-order valence-corrected chi connectivity index (χ3v) is 2.35. The predicted molar refractivity (Wildman–Crippen MR) is 68.1 cm³/mol. The van der Waals surface area contributed by atoms with Crippen LogP contribution >= 0.6 is 0 Å². The summed E-state index contributed by atoms with van der Waals surface area (Å²) in [4.78, 5) is 24.7. The Morgan fingerprint density at radius 1 is 1.28 bits per heavy atom. The minimum Gasteiger partial charge on any atom is -0.467 e. The van der Waals surface area contributed by atoms with Crippen LogP contribution in [0.5, 0.6) is 0 Å². The Morgan fingerprint density at radius 3 is 2.28 bits per heavy atom. The van der Waals surface area contributed by atoms with E-state index in [2.05, 4.69) is 10.5 Å². The van der Waals surface area contributed by atoms with Crippen molar-refractivity contribution in [3.63, 3.8) is 0 Å². The van der Waals surface area contributed by atoms with Gasteiger partial charge in [-0.1, -0.05) is 0 Å². The number of rotatable bonds is 1. The molecule has 18 heavy (non-hydrogen) atoms. The lowest BCUT2D eigenvalue weighted by Crippen LogP contribution is -2.43. The standard InChI is InChI=1S/C11H19NO4.CH5N/c1-11(2,3)16-10(14)12-7-5-6-8(12)9(13)15-4;1-2/h8H,5-7H2,1-4H3;2H2,1H3/t8-;/m0./s1. The van der Waals surface area contributed by atoms with Crippen LogP contribution in [-0.4, -0.2) is 49.3 Å². The summed E-state index contributed by atoms with van der Waals surface area (Å²) in [6, 6.07) is -0.486. The predicted octanol–water partition coefficient (Wildman–Crippen LogP) is 1.13. The highest BCUT2D eigenvalue weighted by Gasteiger charge is 2.37. The summed E-state index contributed by atoms with van der Waals surface area (Å²) in [6.45, 7) is 5.95. The Labute approximate surface area is 108 Å². The van der Waals surface area contributed by atoms with Crippen LogP contribution in [0.4, 0.5) is 4.79 Å². The SMILES string of the molecule is CN.COC(=O)[C@@H]1CCCN1C(=O)OC(C)(C)C. The lowest BCUT2D eigenvalue weighted by Gasteiger charge is -2.27. The number of carbonyl (C=O) groups is 2. The number of methoxy groups -OCH3 is 1. The number of esters is 1. The Hall–Kier alpha value is -1.30. The smallest absolute Gasteiger partial charge is 0.411 e. The number of hydrogen-bond acceptors (Lipinski definition) is 5. The molecule has 1 amide bonds. The maximum atomic E-state index is 11.8. The molecule has 6 nitrogen and oxygen atoms in total. The number of nitrogens with zero attached hydrogens (tertiary/aromatic N) is 1. The lowest BCUT2D eigenvalue weighted by molar-refractivity contribution is -0.145. The van der Waals surface area contributed by atoms with Gasteiger partial charge < -0.3 is 15.2 Å². The first-order valence-corrected chi connectivity index (χ1v) is 6.00. The summed E-state index contributed by atoms with van der Waals surface area (Å²) < 4.78 is 9.88. The molecule has 2 N–H and O–H groups in total. The number of amides is 1. The normalized spacial score (nSPS) is 18.8. The molecule has 1 rings (SSSR count). The summed E-state index contributed by atoms with van der Waals surface area (Å²) >= 11 is 0. The van der Waals surface area contributed by atoms with E-state index in [-0.39, 0.29) is 5.97 Å². The maximum absolute atomic E-state index is 11.8. The first-order valence-electron chi connectivity index (χ1n) is 6.00. The molecule has 1 aliphatic rings. The summed E-state index contributed by atoms with van der Waals surface area (Å²) in [5.74, 6) is -0.372. The quantitative estimate of drug-likeness (QED) is 0.715. The molecule has 0 aromatic heterocycles. The van der Waals surface area contributed by atoms with Crippen molar-refractivity contribution in [1.29, 1.82) is 0 Å². The molecule has 1 fully saturated rings. The van der Waals surface area contributed by atoms with Crippen LogP contribution in [0.25, 0.3) is 0 Å². The van der Waals surface area contributed by atoms with E-state index in [1.54, 1.807) is 20.8 Å². The third-order valence-electron chi connectivity index (χ3n) is 2.35. The van der Waals surface area contributed by atoms with Gasteiger partial charge in [-0.05, 0) is 40.7 Å². The molecule has 0 aliphatic carbocycles. The molecule has 0 saturated carbocycles. The molecular weight excluding hydrogens is 236 g/mol. The molecule has 1 atom stereocenters. The molecular formula is C12H24N2O4. The van der Waals surface area contributed by atoms with E-state index < -0.39 is 17.7 Å². The zero-order valence-electron chi connectivity index (χ0n) is 11.9. The molecule has 0 spiro atoms.